The third-order valence-electron chi connectivity index (χ3n) is 5.27. The number of benzene rings is 1. The van der Waals surface area contributed by atoms with Crippen LogP contribution in [0.2, 0.25) is 0 Å². The Morgan fingerprint density at radius 1 is 1.17 bits per heavy atom. The fourth-order valence-electron chi connectivity index (χ4n) is 3.93. The monoisotopic (exact) mass is 417 g/mol. The number of ketones is 2. The molecule has 0 saturated carbocycles. The molecule has 5 nitrogen and oxygen atoms in total. The molecule has 1 N–H and O–H groups in total. The average molecular weight is 418 g/mol. The predicted molar refractivity (Wildman–Crippen MR) is 114 cm³/mol. The maximum Gasteiger partial charge on any atom is 0.372 e. The van der Waals surface area contributed by atoms with Crippen molar-refractivity contribution >= 4 is 29.1 Å². The molecule has 1 aliphatic heterocycles. The van der Waals surface area contributed by atoms with Crippen molar-refractivity contribution in [3.8, 4) is 0 Å². The first kappa shape index (κ1) is 23.0. The molecule has 29 heavy (non-hydrogen) atoms. The first-order valence-corrected chi connectivity index (χ1v) is 10.1. The van der Waals surface area contributed by atoms with Crippen molar-refractivity contribution < 1.29 is 19.5 Å². The lowest BCUT2D eigenvalue weighted by atomic mass is 9.70. The highest BCUT2D eigenvalue weighted by molar-refractivity contribution is 6.36. The van der Waals surface area contributed by atoms with E-state index in [2.05, 4.69) is 4.90 Å². The van der Waals surface area contributed by atoms with Crippen LogP contribution in [0, 0.1) is 5.41 Å². The van der Waals surface area contributed by atoms with Gasteiger partial charge in [-0.1, -0.05) is 53.6 Å². The molecule has 2 rings (SSSR count). The molecule has 1 aromatic carbocycles. The molecule has 1 aromatic rings. The van der Waals surface area contributed by atoms with Crippen molar-refractivity contribution in [2.24, 2.45) is 5.41 Å². The lowest BCUT2D eigenvalue weighted by Gasteiger charge is -2.42. The molecule has 0 amide bonds. The van der Waals surface area contributed by atoms with Crippen LogP contribution >= 0.6 is 11.6 Å². The summed E-state index contributed by atoms with van der Waals surface area (Å²) in [5.74, 6) is -2.90. The van der Waals surface area contributed by atoms with Crippen LogP contribution in [0.4, 0.5) is 0 Å². The largest absolute Gasteiger partial charge is 0.475 e. The number of rotatable bonds is 9. The van der Waals surface area contributed by atoms with Gasteiger partial charge >= 0.3 is 5.97 Å². The Bertz CT molecular complexity index is 811. The van der Waals surface area contributed by atoms with E-state index >= 15 is 0 Å². The fourth-order valence-corrected chi connectivity index (χ4v) is 4.00. The molecular weight excluding hydrogens is 390 g/mol. The van der Waals surface area contributed by atoms with E-state index in [1.54, 1.807) is 13.0 Å². The standard InChI is InChI=1S/C23H28ClNO4/c1-17(9-10-18(2)24)14-23(21(27)13-20(26)22(28)29)11-6-12-25(16-23)15-19-7-4-3-5-8-19/h3-5,7-10H,6,11-16H2,1-2H3,(H,28,29). The second kappa shape index (κ2) is 10.5. The van der Waals surface area contributed by atoms with Gasteiger partial charge < -0.3 is 5.11 Å². The van der Waals surface area contributed by atoms with E-state index in [1.807, 2.05) is 43.3 Å². The maximum atomic E-state index is 13.1. The highest BCUT2D eigenvalue weighted by atomic mass is 35.5. The van der Waals surface area contributed by atoms with E-state index < -0.39 is 23.6 Å². The molecule has 1 fully saturated rings. The number of hydrogen-bond acceptors (Lipinski definition) is 4. The molecule has 1 saturated heterocycles. The van der Waals surface area contributed by atoms with E-state index in [0.29, 0.717) is 31.0 Å². The van der Waals surface area contributed by atoms with Crippen LogP contribution in [-0.4, -0.2) is 40.6 Å². The van der Waals surface area contributed by atoms with E-state index in [9.17, 15) is 14.4 Å². The van der Waals surface area contributed by atoms with Crippen LogP contribution in [-0.2, 0) is 20.9 Å². The lowest BCUT2D eigenvalue weighted by Crippen LogP contribution is -2.48. The number of hydrogen-bond donors (Lipinski definition) is 1. The number of halogens is 1. The topological polar surface area (TPSA) is 74.7 Å². The van der Waals surface area contributed by atoms with Crippen LogP contribution in [0.25, 0.3) is 0 Å². The summed E-state index contributed by atoms with van der Waals surface area (Å²) in [4.78, 5) is 38.1. The van der Waals surface area contributed by atoms with Crippen molar-refractivity contribution in [2.45, 2.75) is 46.1 Å². The minimum atomic E-state index is -1.56. The number of carboxylic acids is 1. The number of carbonyl (C=O) groups excluding carboxylic acids is 2. The quantitative estimate of drug-likeness (QED) is 0.367. The third kappa shape index (κ3) is 6.94. The molecule has 0 spiro atoms. The van der Waals surface area contributed by atoms with Gasteiger partial charge in [0.05, 0.1) is 6.42 Å². The maximum absolute atomic E-state index is 13.1. The number of carbonyl (C=O) groups is 3. The van der Waals surface area contributed by atoms with E-state index in [1.165, 1.54) is 0 Å². The van der Waals surface area contributed by atoms with Gasteiger partial charge in [-0.3, -0.25) is 14.5 Å². The second-order valence-corrected chi connectivity index (χ2v) is 8.45. The number of piperidine rings is 1. The molecule has 1 aliphatic rings. The van der Waals surface area contributed by atoms with Crippen LogP contribution in [0.3, 0.4) is 0 Å². The van der Waals surface area contributed by atoms with Crippen LogP contribution < -0.4 is 0 Å². The molecule has 156 valence electrons. The van der Waals surface area contributed by atoms with Gasteiger partial charge in [0.1, 0.15) is 5.78 Å². The summed E-state index contributed by atoms with van der Waals surface area (Å²) in [6, 6.07) is 10.0. The molecule has 0 aliphatic carbocycles. The Kier molecular flexibility index (Phi) is 8.35. The average Bonchev–Trinajstić information content (AvgIpc) is 2.67. The molecule has 0 bridgehead atoms. The molecule has 1 unspecified atom stereocenters. The number of carboxylic acid groups (broad SMARTS) is 1. The summed E-state index contributed by atoms with van der Waals surface area (Å²) >= 11 is 5.91. The molecule has 1 atom stereocenters. The van der Waals surface area contributed by atoms with E-state index in [0.717, 1.165) is 24.1 Å². The Balaban J connectivity index is 2.26. The van der Waals surface area contributed by atoms with Crippen molar-refractivity contribution in [3.05, 3.63) is 58.7 Å². The van der Waals surface area contributed by atoms with Crippen molar-refractivity contribution in [2.75, 3.05) is 13.1 Å². The molecular formula is C23H28ClNO4. The zero-order valence-electron chi connectivity index (χ0n) is 17.0. The zero-order valence-corrected chi connectivity index (χ0v) is 17.7. The zero-order chi connectivity index (χ0) is 21.4. The van der Waals surface area contributed by atoms with Gasteiger partial charge in [-0.15, -0.1) is 0 Å². The number of allylic oxidation sites excluding steroid dienone is 4. The van der Waals surface area contributed by atoms with Gasteiger partial charge in [0.15, 0.2) is 0 Å². The van der Waals surface area contributed by atoms with Crippen LogP contribution in [0.15, 0.2) is 53.1 Å². The fraction of sp³-hybridized carbons (Fsp3) is 0.435. The van der Waals surface area contributed by atoms with Gasteiger partial charge in [0, 0.05) is 23.5 Å². The van der Waals surface area contributed by atoms with Crippen molar-refractivity contribution in [1.82, 2.24) is 4.90 Å². The summed E-state index contributed by atoms with van der Waals surface area (Å²) in [5, 5.41) is 9.58. The number of Topliss-reactive ketones (excluding diaryl/α,β-unsaturated/α-hetero) is 2. The summed E-state index contributed by atoms with van der Waals surface area (Å²) in [5.41, 5.74) is 1.36. The third-order valence-corrected chi connectivity index (χ3v) is 5.40. The molecule has 0 aromatic heterocycles. The second-order valence-electron chi connectivity index (χ2n) is 7.85. The van der Waals surface area contributed by atoms with Crippen LogP contribution in [0.5, 0.6) is 0 Å². The highest BCUT2D eigenvalue weighted by Gasteiger charge is 2.42. The van der Waals surface area contributed by atoms with Crippen molar-refractivity contribution in [1.29, 1.82) is 0 Å². The molecule has 6 heteroatoms. The van der Waals surface area contributed by atoms with Gasteiger partial charge in [0.25, 0.3) is 0 Å². The normalized spacial score (nSPS) is 21.1. The molecule has 1 heterocycles. The Labute approximate surface area is 177 Å². The molecule has 0 radical (unpaired) electrons. The number of aliphatic carboxylic acids is 1. The minimum absolute atomic E-state index is 0.290. The van der Waals surface area contributed by atoms with Gasteiger partial charge in [-0.05, 0) is 51.3 Å². The van der Waals surface area contributed by atoms with Crippen molar-refractivity contribution in [3.63, 3.8) is 0 Å². The van der Waals surface area contributed by atoms with E-state index in [-0.39, 0.29) is 5.78 Å². The van der Waals surface area contributed by atoms with E-state index in [4.69, 9.17) is 16.7 Å². The Hall–Kier alpha value is -2.24. The van der Waals surface area contributed by atoms with Gasteiger partial charge in [-0.25, -0.2) is 4.79 Å². The summed E-state index contributed by atoms with van der Waals surface area (Å²) in [7, 11) is 0. The predicted octanol–water partition coefficient (Wildman–Crippen LogP) is 4.36. The highest BCUT2D eigenvalue weighted by Crippen LogP contribution is 2.38. The number of nitrogens with zero attached hydrogens (tertiary/aromatic N) is 1. The summed E-state index contributed by atoms with van der Waals surface area (Å²) in [6.07, 6.45) is 5.03. The Morgan fingerprint density at radius 2 is 1.86 bits per heavy atom. The van der Waals surface area contributed by atoms with Gasteiger partial charge in [0.2, 0.25) is 5.78 Å². The van der Waals surface area contributed by atoms with Crippen LogP contribution in [0.1, 0.15) is 45.1 Å². The summed E-state index contributed by atoms with van der Waals surface area (Å²) < 4.78 is 0. The SMILES string of the molecule is CC(Cl)=CC=C(C)CC1(C(=O)CC(=O)C(=O)O)CCCN(Cc2ccccc2)C1. The first-order valence-electron chi connectivity index (χ1n) is 9.77. The summed E-state index contributed by atoms with van der Waals surface area (Å²) in [6.45, 7) is 5.79. The first-order chi connectivity index (χ1) is 13.7. The van der Waals surface area contributed by atoms with Gasteiger partial charge in [-0.2, -0.15) is 0 Å². The Morgan fingerprint density at radius 3 is 2.48 bits per heavy atom. The lowest BCUT2D eigenvalue weighted by molar-refractivity contribution is -0.151. The smallest absolute Gasteiger partial charge is 0.372 e. The number of likely N-dealkylation sites (tertiary alicyclic amines) is 1. The minimum Gasteiger partial charge on any atom is -0.475 e.